The van der Waals surface area contributed by atoms with Gasteiger partial charge in [-0.05, 0) is 243 Å². The van der Waals surface area contributed by atoms with Crippen LogP contribution in [0.2, 0.25) is 0 Å². The van der Waals surface area contributed by atoms with Gasteiger partial charge >= 0.3 is 0 Å². The summed E-state index contributed by atoms with van der Waals surface area (Å²) in [5, 5.41) is 2.91. The van der Waals surface area contributed by atoms with E-state index in [0.29, 0.717) is 0 Å². The van der Waals surface area contributed by atoms with Crippen LogP contribution < -0.4 is 4.90 Å². The van der Waals surface area contributed by atoms with Gasteiger partial charge in [-0.1, -0.05) is 0 Å². The first kappa shape index (κ1) is 34.8. The number of aryl methyl sites for hydroxylation is 3. The molecule has 6 aromatic rings. The largest absolute Gasteiger partial charge is 0.328 e. The molecule has 2 nitrogen and oxygen atoms in total. The topological polar surface area (TPSA) is 8.17 Å². The second-order valence-corrected chi connectivity index (χ2v) is 17.1. The van der Waals surface area contributed by atoms with Crippen LogP contribution in [0.4, 0.5) is 17.1 Å². The van der Waals surface area contributed by atoms with Crippen molar-refractivity contribution in [1.82, 2.24) is 4.57 Å². The van der Waals surface area contributed by atoms with Gasteiger partial charge in [0.25, 0.3) is 0 Å². The molecule has 0 N–H and O–H groups in total. The second kappa shape index (κ2) is 10.9. The summed E-state index contributed by atoms with van der Waals surface area (Å²) in [6, 6.07) is 0.0507. The van der Waals surface area contributed by atoms with Crippen LogP contribution in [0, 0.1) is 132 Å². The van der Waals surface area contributed by atoms with Gasteiger partial charge in [0.2, 0.25) is 0 Å². The SMILES string of the molecule is Cc1c(C)c(C)c(N2c3c(C)c(C)c(C)c(C)c3C3c4c(c(C)c(C)c(C)c42)-c2c(C)c(C)c(C)c4c5c(C)c(C)c(C)c(C)c5n3c24)c(C)c1C. The van der Waals surface area contributed by atoms with E-state index in [2.05, 4.69) is 141 Å². The molecule has 268 valence electrons. The summed E-state index contributed by atoms with van der Waals surface area (Å²) in [7, 11) is 0. The molecule has 8 rings (SSSR count). The van der Waals surface area contributed by atoms with E-state index in [1.165, 1.54) is 167 Å². The molecule has 52 heavy (non-hydrogen) atoms. The Morgan fingerprint density at radius 2 is 0.615 bits per heavy atom. The van der Waals surface area contributed by atoms with Crippen molar-refractivity contribution in [3.05, 3.63) is 117 Å². The Morgan fingerprint density at radius 1 is 0.269 bits per heavy atom. The number of benzene rings is 5. The van der Waals surface area contributed by atoms with Crippen molar-refractivity contribution in [2.24, 2.45) is 0 Å². The molecule has 0 bridgehead atoms. The monoisotopic (exact) mass is 686 g/mol. The van der Waals surface area contributed by atoms with Crippen LogP contribution in [0.15, 0.2) is 0 Å². The average Bonchev–Trinajstić information content (AvgIpc) is 3.48. The smallest absolute Gasteiger partial charge is 0.0895 e. The van der Waals surface area contributed by atoms with Gasteiger partial charge in [-0.25, -0.2) is 0 Å². The predicted molar refractivity (Wildman–Crippen MR) is 227 cm³/mol. The van der Waals surface area contributed by atoms with Crippen molar-refractivity contribution in [2.75, 3.05) is 4.90 Å². The highest BCUT2D eigenvalue weighted by molar-refractivity contribution is 6.20. The van der Waals surface area contributed by atoms with Crippen LogP contribution in [0.25, 0.3) is 32.9 Å². The summed E-state index contributed by atoms with van der Waals surface area (Å²) >= 11 is 0. The van der Waals surface area contributed by atoms with Gasteiger partial charge in [0.1, 0.15) is 0 Å². The fourth-order valence-corrected chi connectivity index (χ4v) is 10.8. The Morgan fingerprint density at radius 3 is 1.15 bits per heavy atom. The number of anilines is 3. The number of fused-ring (bicyclic) bond motifs is 7. The molecule has 0 aliphatic carbocycles. The Bertz CT molecular complexity index is 2680. The zero-order chi connectivity index (χ0) is 38.1. The lowest BCUT2D eigenvalue weighted by Gasteiger charge is -2.47. The minimum Gasteiger partial charge on any atom is -0.328 e. The van der Waals surface area contributed by atoms with Gasteiger partial charge in [-0.2, -0.15) is 0 Å². The minimum absolute atomic E-state index is 0.0507. The molecule has 1 atom stereocenters. The summed E-state index contributed by atoms with van der Waals surface area (Å²) in [5.41, 5.74) is 39.7. The average molecular weight is 687 g/mol. The quantitative estimate of drug-likeness (QED) is 0.167. The molecule has 0 saturated heterocycles. The first-order valence-corrected chi connectivity index (χ1v) is 19.5. The Balaban J connectivity index is 1.76. The number of nitrogens with zero attached hydrogens (tertiary/aromatic N) is 2. The van der Waals surface area contributed by atoms with Gasteiger partial charge in [0, 0.05) is 27.5 Å². The standard InChI is InChI=1S/C50H58N2/c1-20-23(4)34(15)45(35(16)24(20)5)51-47-37(18)26(7)22(3)33(14)43(47)50-44-39(29(10)28(9)38(19)48(44)51)40-31(12)27(8)32(13)42-41-30(11)21(2)25(6)36(17)46(41)52(50)49(40)42/h50H,1-19H3. The summed E-state index contributed by atoms with van der Waals surface area (Å²) in [6.45, 7) is 45.0. The Labute approximate surface area is 312 Å². The van der Waals surface area contributed by atoms with Crippen LogP contribution in [-0.2, 0) is 0 Å². The van der Waals surface area contributed by atoms with Gasteiger partial charge in [0.05, 0.1) is 34.1 Å². The predicted octanol–water partition coefficient (Wildman–Crippen LogP) is 14.1. The van der Waals surface area contributed by atoms with Crippen molar-refractivity contribution in [3.8, 4) is 11.1 Å². The van der Waals surface area contributed by atoms with E-state index >= 15 is 0 Å². The normalized spacial score (nSPS) is 14.6. The van der Waals surface area contributed by atoms with E-state index in [-0.39, 0.29) is 6.04 Å². The summed E-state index contributed by atoms with van der Waals surface area (Å²) in [5.74, 6) is 0. The zero-order valence-electron chi connectivity index (χ0n) is 35.5. The van der Waals surface area contributed by atoms with E-state index in [1.807, 2.05) is 0 Å². The maximum atomic E-state index is 2.86. The number of rotatable bonds is 1. The molecule has 0 saturated carbocycles. The highest BCUT2D eigenvalue weighted by atomic mass is 15.2. The van der Waals surface area contributed by atoms with Crippen LogP contribution in [-0.4, -0.2) is 4.57 Å². The zero-order valence-corrected chi connectivity index (χ0v) is 35.5. The fourth-order valence-electron chi connectivity index (χ4n) is 10.8. The summed E-state index contributed by atoms with van der Waals surface area (Å²) < 4.78 is 2.86. The van der Waals surface area contributed by atoms with Crippen LogP contribution in [0.3, 0.4) is 0 Å². The summed E-state index contributed by atoms with van der Waals surface area (Å²) in [4.78, 5) is 2.77. The number of hydrogen-bond acceptors (Lipinski definition) is 1. The molecule has 2 aliphatic rings. The van der Waals surface area contributed by atoms with Crippen molar-refractivity contribution >= 4 is 38.9 Å². The fraction of sp³-hybridized carbons (Fsp3) is 0.400. The number of aromatic nitrogens is 1. The van der Waals surface area contributed by atoms with E-state index in [1.54, 1.807) is 0 Å². The lowest BCUT2D eigenvalue weighted by molar-refractivity contribution is 0.699. The highest BCUT2D eigenvalue weighted by Crippen LogP contribution is 2.63. The third-order valence-corrected chi connectivity index (χ3v) is 15.5. The lowest BCUT2D eigenvalue weighted by Crippen LogP contribution is -2.32. The second-order valence-electron chi connectivity index (χ2n) is 17.1. The molecule has 3 heterocycles. The summed E-state index contributed by atoms with van der Waals surface area (Å²) in [6.07, 6.45) is 0. The maximum absolute atomic E-state index is 2.86. The van der Waals surface area contributed by atoms with E-state index in [0.717, 1.165) is 0 Å². The molecule has 1 aromatic heterocycles. The minimum atomic E-state index is 0.0507. The van der Waals surface area contributed by atoms with Crippen molar-refractivity contribution in [2.45, 2.75) is 138 Å². The van der Waals surface area contributed by atoms with Gasteiger partial charge in [0.15, 0.2) is 0 Å². The van der Waals surface area contributed by atoms with Crippen LogP contribution in [0.1, 0.15) is 123 Å². The van der Waals surface area contributed by atoms with Crippen LogP contribution >= 0.6 is 0 Å². The number of hydrogen-bond donors (Lipinski definition) is 0. The first-order valence-electron chi connectivity index (χ1n) is 19.5. The molecule has 0 spiro atoms. The molecule has 0 fully saturated rings. The molecule has 2 aliphatic heterocycles. The highest BCUT2D eigenvalue weighted by Gasteiger charge is 2.45. The third-order valence-electron chi connectivity index (χ3n) is 15.5. The van der Waals surface area contributed by atoms with E-state index in [4.69, 9.17) is 0 Å². The van der Waals surface area contributed by atoms with Crippen molar-refractivity contribution in [1.29, 1.82) is 0 Å². The molecule has 1 unspecified atom stereocenters. The van der Waals surface area contributed by atoms with E-state index in [9.17, 15) is 0 Å². The lowest BCUT2D eigenvalue weighted by atomic mass is 9.73. The Hall–Kier alpha value is -4.30. The molecular formula is C50H58N2. The first-order chi connectivity index (χ1) is 24.3. The van der Waals surface area contributed by atoms with Crippen molar-refractivity contribution in [3.63, 3.8) is 0 Å². The maximum Gasteiger partial charge on any atom is 0.0895 e. The van der Waals surface area contributed by atoms with Gasteiger partial charge < -0.3 is 9.47 Å². The molecule has 0 amide bonds. The molecule has 0 radical (unpaired) electrons. The molecule has 5 aromatic carbocycles. The third kappa shape index (κ3) is 3.77. The Kier molecular flexibility index (Phi) is 7.27. The molecular weight excluding hydrogens is 629 g/mol. The van der Waals surface area contributed by atoms with Gasteiger partial charge in [-0.15, -0.1) is 0 Å². The van der Waals surface area contributed by atoms with Crippen LogP contribution in [0.5, 0.6) is 0 Å². The van der Waals surface area contributed by atoms with Crippen molar-refractivity contribution < 1.29 is 0 Å². The molecule has 2 heteroatoms. The van der Waals surface area contributed by atoms with E-state index < -0.39 is 0 Å². The van der Waals surface area contributed by atoms with Gasteiger partial charge in [-0.3, -0.25) is 0 Å².